The number of rotatable bonds is 2. The number of halogens is 1. The third-order valence-corrected chi connectivity index (χ3v) is 3.37. The molecule has 0 saturated heterocycles. The van der Waals surface area contributed by atoms with E-state index >= 15 is 0 Å². The van der Waals surface area contributed by atoms with Crippen LogP contribution < -0.4 is 16.3 Å². The summed E-state index contributed by atoms with van der Waals surface area (Å²) in [5, 5.41) is 0.523. The number of methoxy groups -OCH3 is 1. The van der Waals surface area contributed by atoms with Gasteiger partial charge in [-0.05, 0) is 12.1 Å². The maximum atomic E-state index is 6.26. The number of nitrogens with two attached hydrogens (primary N) is 2. The smallest absolute Gasteiger partial charge is 0.151 e. The summed E-state index contributed by atoms with van der Waals surface area (Å²) in [7, 11) is 1.58. The molecular weight excluding hydrogens is 276 g/mol. The minimum Gasteiger partial charge on any atom is -0.496 e. The standard InChI is InChI=1S/C14H19ClN4O/c1-14(2,3)13-18-11(12(16)19(13)17)10-8(15)6-5-7-9(10)20-4/h5-7H,16-17H2,1-4H3. The first-order valence-corrected chi connectivity index (χ1v) is 6.61. The van der Waals surface area contributed by atoms with Gasteiger partial charge in [-0.2, -0.15) is 0 Å². The Balaban J connectivity index is 2.72. The lowest BCUT2D eigenvalue weighted by Gasteiger charge is -2.17. The van der Waals surface area contributed by atoms with Crippen molar-refractivity contribution in [2.24, 2.45) is 0 Å². The van der Waals surface area contributed by atoms with Crippen molar-refractivity contribution in [2.45, 2.75) is 26.2 Å². The van der Waals surface area contributed by atoms with E-state index in [1.165, 1.54) is 4.68 Å². The van der Waals surface area contributed by atoms with Gasteiger partial charge >= 0.3 is 0 Å². The third kappa shape index (κ3) is 2.29. The summed E-state index contributed by atoms with van der Waals surface area (Å²) in [5.74, 6) is 7.68. The molecule has 0 unspecified atom stereocenters. The van der Waals surface area contributed by atoms with E-state index in [-0.39, 0.29) is 5.41 Å². The summed E-state index contributed by atoms with van der Waals surface area (Å²) in [6.07, 6.45) is 0. The number of nitrogens with zero attached hydrogens (tertiary/aromatic N) is 2. The third-order valence-electron chi connectivity index (χ3n) is 3.05. The zero-order valence-corrected chi connectivity index (χ0v) is 12.8. The highest BCUT2D eigenvalue weighted by Crippen LogP contribution is 2.39. The van der Waals surface area contributed by atoms with Crippen molar-refractivity contribution in [3.63, 3.8) is 0 Å². The first-order chi connectivity index (χ1) is 9.27. The van der Waals surface area contributed by atoms with Crippen LogP contribution in [0.1, 0.15) is 26.6 Å². The molecule has 0 aliphatic rings. The lowest BCUT2D eigenvalue weighted by atomic mass is 9.96. The summed E-state index contributed by atoms with van der Waals surface area (Å²) >= 11 is 6.26. The first-order valence-electron chi connectivity index (χ1n) is 6.24. The summed E-state index contributed by atoms with van der Waals surface area (Å²) in [6, 6.07) is 5.39. The summed E-state index contributed by atoms with van der Waals surface area (Å²) in [4.78, 5) is 4.57. The molecular formula is C14H19ClN4O. The van der Waals surface area contributed by atoms with Gasteiger partial charge in [-0.3, -0.25) is 0 Å². The second kappa shape index (κ2) is 4.90. The van der Waals surface area contributed by atoms with Crippen LogP contribution in [0, 0.1) is 0 Å². The molecule has 4 N–H and O–H groups in total. The Morgan fingerprint density at radius 2 is 1.95 bits per heavy atom. The van der Waals surface area contributed by atoms with E-state index in [1.54, 1.807) is 13.2 Å². The normalized spacial score (nSPS) is 11.7. The maximum Gasteiger partial charge on any atom is 0.151 e. The van der Waals surface area contributed by atoms with Crippen LogP contribution in [0.4, 0.5) is 5.82 Å². The number of imidazole rings is 1. The number of benzene rings is 1. The van der Waals surface area contributed by atoms with Crippen molar-refractivity contribution in [1.29, 1.82) is 0 Å². The monoisotopic (exact) mass is 294 g/mol. The Bertz CT molecular complexity index is 643. The second-order valence-electron chi connectivity index (χ2n) is 5.61. The molecule has 20 heavy (non-hydrogen) atoms. The van der Waals surface area contributed by atoms with Gasteiger partial charge in [0.2, 0.25) is 0 Å². The van der Waals surface area contributed by atoms with Gasteiger partial charge in [-0.1, -0.05) is 38.4 Å². The molecule has 0 saturated carbocycles. The number of anilines is 1. The predicted octanol–water partition coefficient (Wildman–Crippen LogP) is 2.81. The molecule has 1 heterocycles. The molecule has 108 valence electrons. The summed E-state index contributed by atoms with van der Waals surface area (Å²) in [6.45, 7) is 6.06. The molecule has 0 spiro atoms. The Kier molecular flexibility index (Phi) is 3.56. The SMILES string of the molecule is COc1cccc(Cl)c1-c1nc(C(C)(C)C)n(N)c1N. The molecule has 0 bridgehead atoms. The van der Waals surface area contributed by atoms with E-state index in [0.717, 1.165) is 0 Å². The molecule has 5 nitrogen and oxygen atoms in total. The molecule has 0 amide bonds. The molecule has 1 aromatic carbocycles. The molecule has 0 atom stereocenters. The van der Waals surface area contributed by atoms with Crippen LogP contribution in [0.15, 0.2) is 18.2 Å². The van der Waals surface area contributed by atoms with Crippen LogP contribution >= 0.6 is 11.6 Å². The van der Waals surface area contributed by atoms with E-state index < -0.39 is 0 Å². The van der Waals surface area contributed by atoms with E-state index in [1.807, 2.05) is 32.9 Å². The zero-order valence-electron chi connectivity index (χ0n) is 12.1. The molecule has 0 aliphatic heterocycles. The fraction of sp³-hybridized carbons (Fsp3) is 0.357. The number of hydrogen-bond acceptors (Lipinski definition) is 4. The fourth-order valence-corrected chi connectivity index (χ4v) is 2.32. The predicted molar refractivity (Wildman–Crippen MR) is 82.5 cm³/mol. The Hall–Kier alpha value is -1.88. The Morgan fingerprint density at radius 3 is 2.45 bits per heavy atom. The van der Waals surface area contributed by atoms with Gasteiger partial charge in [-0.25, -0.2) is 9.66 Å². The van der Waals surface area contributed by atoms with Gasteiger partial charge < -0.3 is 16.3 Å². The van der Waals surface area contributed by atoms with Gasteiger partial charge in [0.15, 0.2) is 5.82 Å². The highest BCUT2D eigenvalue weighted by Gasteiger charge is 2.26. The van der Waals surface area contributed by atoms with Crippen molar-refractivity contribution in [1.82, 2.24) is 9.66 Å². The lowest BCUT2D eigenvalue weighted by Crippen LogP contribution is -2.24. The summed E-state index contributed by atoms with van der Waals surface area (Å²) in [5.41, 5.74) is 7.06. The molecule has 6 heteroatoms. The van der Waals surface area contributed by atoms with E-state index in [9.17, 15) is 0 Å². The molecule has 2 aromatic rings. The van der Waals surface area contributed by atoms with Gasteiger partial charge in [-0.15, -0.1) is 0 Å². The average molecular weight is 295 g/mol. The zero-order chi connectivity index (χ0) is 15.1. The van der Waals surface area contributed by atoms with Crippen molar-refractivity contribution in [3.05, 3.63) is 29.0 Å². The first kappa shape index (κ1) is 14.5. The molecule has 0 fully saturated rings. The topological polar surface area (TPSA) is 79.1 Å². The van der Waals surface area contributed by atoms with Crippen LogP contribution in [0.2, 0.25) is 5.02 Å². The van der Waals surface area contributed by atoms with Crippen LogP contribution in [0.5, 0.6) is 5.75 Å². The van der Waals surface area contributed by atoms with Crippen molar-refractivity contribution in [2.75, 3.05) is 18.7 Å². The van der Waals surface area contributed by atoms with E-state index in [2.05, 4.69) is 4.98 Å². The van der Waals surface area contributed by atoms with Crippen LogP contribution in [0.25, 0.3) is 11.3 Å². The average Bonchev–Trinajstić information content (AvgIpc) is 2.66. The van der Waals surface area contributed by atoms with Crippen molar-refractivity contribution < 1.29 is 4.74 Å². The van der Waals surface area contributed by atoms with Gasteiger partial charge in [0.1, 0.15) is 17.3 Å². The molecule has 0 aliphatic carbocycles. The number of hydrogen-bond donors (Lipinski definition) is 2. The van der Waals surface area contributed by atoms with Crippen LogP contribution in [-0.4, -0.2) is 16.8 Å². The van der Waals surface area contributed by atoms with Gasteiger partial charge in [0.25, 0.3) is 0 Å². The van der Waals surface area contributed by atoms with Crippen LogP contribution in [0.3, 0.4) is 0 Å². The fourth-order valence-electron chi connectivity index (χ4n) is 2.06. The molecule has 1 aromatic heterocycles. The number of aromatic nitrogens is 2. The largest absolute Gasteiger partial charge is 0.496 e. The number of nitrogen functional groups attached to an aromatic ring is 2. The van der Waals surface area contributed by atoms with Crippen molar-refractivity contribution >= 4 is 17.4 Å². The second-order valence-corrected chi connectivity index (χ2v) is 6.01. The number of ether oxygens (including phenoxy) is 1. The lowest BCUT2D eigenvalue weighted by molar-refractivity contribution is 0.416. The highest BCUT2D eigenvalue weighted by atomic mass is 35.5. The van der Waals surface area contributed by atoms with E-state index in [4.69, 9.17) is 27.9 Å². The Morgan fingerprint density at radius 1 is 1.30 bits per heavy atom. The maximum absolute atomic E-state index is 6.26. The van der Waals surface area contributed by atoms with Gasteiger partial charge in [0, 0.05) is 5.41 Å². The van der Waals surface area contributed by atoms with Crippen molar-refractivity contribution in [3.8, 4) is 17.0 Å². The van der Waals surface area contributed by atoms with Crippen LogP contribution in [-0.2, 0) is 5.41 Å². The van der Waals surface area contributed by atoms with E-state index in [0.29, 0.717) is 33.7 Å². The molecule has 0 radical (unpaired) electrons. The minimum absolute atomic E-state index is 0.227. The highest BCUT2D eigenvalue weighted by molar-refractivity contribution is 6.33. The molecule has 2 rings (SSSR count). The quantitative estimate of drug-likeness (QED) is 0.835. The summed E-state index contributed by atoms with van der Waals surface area (Å²) < 4.78 is 6.74. The minimum atomic E-state index is -0.227. The Labute approximate surface area is 123 Å². The van der Waals surface area contributed by atoms with Gasteiger partial charge in [0.05, 0.1) is 17.7 Å².